The monoisotopic (exact) mass is 363 g/mol. The second-order valence-electron chi connectivity index (χ2n) is 5.28. The summed E-state index contributed by atoms with van der Waals surface area (Å²) in [5.41, 5.74) is 3.47. The van der Waals surface area contributed by atoms with Crippen LogP contribution in [0.2, 0.25) is 0 Å². The minimum absolute atomic E-state index is 0.0690. The van der Waals surface area contributed by atoms with Crippen LogP contribution in [0, 0.1) is 20.8 Å². The van der Waals surface area contributed by atoms with E-state index in [-0.39, 0.29) is 18.3 Å². The SMILES string of the molecule is Cc1cc(C)cc(OCC(=O)Nc2cc(C)c(O)c(Br)c2)c1. The highest BCUT2D eigenvalue weighted by atomic mass is 79.9. The topological polar surface area (TPSA) is 58.6 Å². The van der Waals surface area contributed by atoms with Crippen molar-refractivity contribution >= 4 is 27.5 Å². The minimum atomic E-state index is -0.254. The Morgan fingerprint density at radius 2 is 1.77 bits per heavy atom. The first-order chi connectivity index (χ1) is 10.3. The van der Waals surface area contributed by atoms with Gasteiger partial charge in [-0.2, -0.15) is 0 Å². The van der Waals surface area contributed by atoms with E-state index in [1.807, 2.05) is 32.0 Å². The average molecular weight is 364 g/mol. The molecule has 0 saturated heterocycles. The summed E-state index contributed by atoms with van der Waals surface area (Å²) in [6, 6.07) is 9.18. The fourth-order valence-corrected chi connectivity index (χ4v) is 2.73. The van der Waals surface area contributed by atoms with Crippen molar-refractivity contribution in [3.8, 4) is 11.5 Å². The number of hydrogen-bond donors (Lipinski definition) is 2. The largest absolute Gasteiger partial charge is 0.506 e. The van der Waals surface area contributed by atoms with Gasteiger partial charge in [0, 0.05) is 5.69 Å². The summed E-state index contributed by atoms with van der Waals surface area (Å²) in [7, 11) is 0. The number of aryl methyl sites for hydroxylation is 3. The van der Waals surface area contributed by atoms with E-state index in [4.69, 9.17) is 4.74 Å². The van der Waals surface area contributed by atoms with Crippen LogP contribution in [-0.4, -0.2) is 17.6 Å². The molecule has 0 aliphatic rings. The molecule has 1 amide bonds. The first-order valence-electron chi connectivity index (χ1n) is 6.85. The summed E-state index contributed by atoms with van der Waals surface area (Å²) in [6.07, 6.45) is 0. The van der Waals surface area contributed by atoms with Crippen molar-refractivity contribution in [2.75, 3.05) is 11.9 Å². The molecular weight excluding hydrogens is 346 g/mol. The first kappa shape index (κ1) is 16.4. The van der Waals surface area contributed by atoms with Gasteiger partial charge in [0.25, 0.3) is 5.91 Å². The number of phenolic OH excluding ortho intramolecular Hbond substituents is 1. The summed E-state index contributed by atoms with van der Waals surface area (Å²) in [5, 5.41) is 12.4. The second-order valence-corrected chi connectivity index (χ2v) is 6.14. The Hall–Kier alpha value is -2.01. The summed E-state index contributed by atoms with van der Waals surface area (Å²) in [6.45, 7) is 5.66. The van der Waals surface area contributed by atoms with E-state index in [0.29, 0.717) is 21.5 Å². The van der Waals surface area contributed by atoms with Gasteiger partial charge in [-0.3, -0.25) is 4.79 Å². The van der Waals surface area contributed by atoms with E-state index >= 15 is 0 Å². The third kappa shape index (κ3) is 4.24. The van der Waals surface area contributed by atoms with Crippen LogP contribution in [-0.2, 0) is 4.79 Å². The Labute approximate surface area is 138 Å². The van der Waals surface area contributed by atoms with Gasteiger partial charge < -0.3 is 15.2 Å². The number of carbonyl (C=O) groups excluding carboxylic acids is 1. The maximum atomic E-state index is 11.9. The zero-order chi connectivity index (χ0) is 16.3. The van der Waals surface area contributed by atoms with Gasteiger partial charge in [-0.05, 0) is 77.7 Å². The number of carbonyl (C=O) groups is 1. The molecule has 2 N–H and O–H groups in total. The smallest absolute Gasteiger partial charge is 0.262 e. The third-order valence-corrected chi connectivity index (χ3v) is 3.71. The second kappa shape index (κ2) is 6.83. The molecule has 0 fully saturated rings. The summed E-state index contributed by atoms with van der Waals surface area (Å²) in [5.74, 6) is 0.594. The van der Waals surface area contributed by atoms with Gasteiger partial charge in [0.15, 0.2) is 6.61 Å². The number of amides is 1. The van der Waals surface area contributed by atoms with Crippen LogP contribution in [0.15, 0.2) is 34.8 Å². The molecule has 0 radical (unpaired) electrons. The van der Waals surface area contributed by atoms with Gasteiger partial charge in [0.2, 0.25) is 0 Å². The van der Waals surface area contributed by atoms with Crippen LogP contribution in [0.25, 0.3) is 0 Å². The molecule has 2 rings (SSSR count). The number of anilines is 1. The lowest BCUT2D eigenvalue weighted by molar-refractivity contribution is -0.118. The highest BCUT2D eigenvalue weighted by Crippen LogP contribution is 2.30. The molecule has 2 aromatic carbocycles. The number of rotatable bonds is 4. The van der Waals surface area contributed by atoms with Crippen molar-refractivity contribution in [1.29, 1.82) is 0 Å². The average Bonchev–Trinajstić information content (AvgIpc) is 2.41. The van der Waals surface area contributed by atoms with E-state index in [2.05, 4.69) is 21.2 Å². The summed E-state index contributed by atoms with van der Waals surface area (Å²) < 4.78 is 6.05. The molecule has 0 atom stereocenters. The van der Waals surface area contributed by atoms with Gasteiger partial charge in [0.05, 0.1) is 4.47 Å². The maximum absolute atomic E-state index is 11.9. The zero-order valence-corrected chi connectivity index (χ0v) is 14.3. The minimum Gasteiger partial charge on any atom is -0.506 e. The molecule has 0 aliphatic heterocycles. The molecule has 2 aromatic rings. The summed E-state index contributed by atoms with van der Waals surface area (Å²) >= 11 is 3.25. The van der Waals surface area contributed by atoms with Gasteiger partial charge in [-0.15, -0.1) is 0 Å². The Bertz CT molecular complexity index is 670. The van der Waals surface area contributed by atoms with E-state index < -0.39 is 0 Å². The van der Waals surface area contributed by atoms with E-state index in [1.165, 1.54) is 0 Å². The number of aromatic hydroxyl groups is 1. The van der Waals surface area contributed by atoms with Crippen LogP contribution in [0.1, 0.15) is 16.7 Å². The molecule has 0 spiro atoms. The van der Waals surface area contributed by atoms with Crippen LogP contribution < -0.4 is 10.1 Å². The van der Waals surface area contributed by atoms with Crippen molar-refractivity contribution in [2.24, 2.45) is 0 Å². The van der Waals surface area contributed by atoms with Gasteiger partial charge in [-0.25, -0.2) is 0 Å². The molecule has 22 heavy (non-hydrogen) atoms. The first-order valence-corrected chi connectivity index (χ1v) is 7.64. The number of ether oxygens (including phenoxy) is 1. The predicted molar refractivity (Wildman–Crippen MR) is 90.6 cm³/mol. The number of hydrogen-bond acceptors (Lipinski definition) is 3. The lowest BCUT2D eigenvalue weighted by atomic mass is 10.1. The fourth-order valence-electron chi connectivity index (χ4n) is 2.17. The van der Waals surface area contributed by atoms with Gasteiger partial charge in [0.1, 0.15) is 11.5 Å². The van der Waals surface area contributed by atoms with Gasteiger partial charge >= 0.3 is 0 Å². The molecule has 0 unspecified atom stereocenters. The molecule has 5 heteroatoms. The quantitative estimate of drug-likeness (QED) is 0.804. The van der Waals surface area contributed by atoms with Crippen LogP contribution >= 0.6 is 15.9 Å². The lowest BCUT2D eigenvalue weighted by Gasteiger charge is -2.10. The zero-order valence-electron chi connectivity index (χ0n) is 12.7. The standard InChI is InChI=1S/C17H18BrNO3/c1-10-4-11(2)6-14(5-10)22-9-16(20)19-13-7-12(3)17(21)15(18)8-13/h4-8,21H,9H2,1-3H3,(H,19,20). The van der Waals surface area contributed by atoms with Crippen LogP contribution in [0.5, 0.6) is 11.5 Å². The molecular formula is C17H18BrNO3. The predicted octanol–water partition coefficient (Wildman–Crippen LogP) is 4.10. The molecule has 0 aliphatic carbocycles. The number of benzene rings is 2. The normalized spacial score (nSPS) is 10.4. The lowest BCUT2D eigenvalue weighted by Crippen LogP contribution is -2.20. The number of halogens is 1. The van der Waals surface area contributed by atoms with E-state index in [0.717, 1.165) is 11.1 Å². The van der Waals surface area contributed by atoms with Crippen molar-refractivity contribution < 1.29 is 14.6 Å². The molecule has 0 saturated carbocycles. The van der Waals surface area contributed by atoms with E-state index in [1.54, 1.807) is 19.1 Å². The Morgan fingerprint density at radius 3 is 2.36 bits per heavy atom. The molecule has 116 valence electrons. The molecule has 0 bridgehead atoms. The Morgan fingerprint density at radius 1 is 1.14 bits per heavy atom. The van der Waals surface area contributed by atoms with Crippen molar-refractivity contribution in [3.63, 3.8) is 0 Å². The highest BCUT2D eigenvalue weighted by molar-refractivity contribution is 9.10. The molecule has 4 nitrogen and oxygen atoms in total. The Kier molecular flexibility index (Phi) is 5.08. The van der Waals surface area contributed by atoms with Crippen molar-refractivity contribution in [1.82, 2.24) is 0 Å². The van der Waals surface area contributed by atoms with Gasteiger partial charge in [-0.1, -0.05) is 6.07 Å². The number of phenols is 1. The third-order valence-electron chi connectivity index (χ3n) is 3.10. The van der Waals surface area contributed by atoms with Crippen LogP contribution in [0.3, 0.4) is 0 Å². The van der Waals surface area contributed by atoms with Crippen molar-refractivity contribution in [2.45, 2.75) is 20.8 Å². The van der Waals surface area contributed by atoms with Crippen molar-refractivity contribution in [3.05, 3.63) is 51.5 Å². The maximum Gasteiger partial charge on any atom is 0.262 e. The fraction of sp³-hybridized carbons (Fsp3) is 0.235. The van der Waals surface area contributed by atoms with E-state index in [9.17, 15) is 9.90 Å². The molecule has 0 aromatic heterocycles. The highest BCUT2D eigenvalue weighted by Gasteiger charge is 2.08. The molecule has 0 heterocycles. The number of nitrogens with one attached hydrogen (secondary N) is 1. The Balaban J connectivity index is 1.98. The van der Waals surface area contributed by atoms with Crippen LogP contribution in [0.4, 0.5) is 5.69 Å². The summed E-state index contributed by atoms with van der Waals surface area (Å²) in [4.78, 5) is 11.9.